The van der Waals surface area contributed by atoms with Crippen molar-refractivity contribution < 1.29 is 23.8 Å². The molecule has 0 spiro atoms. The zero-order valence-corrected chi connectivity index (χ0v) is 16.5. The molecule has 1 amide bonds. The van der Waals surface area contributed by atoms with Crippen LogP contribution in [0.1, 0.15) is 25.0 Å². The van der Waals surface area contributed by atoms with Crippen LogP contribution in [0.15, 0.2) is 48.5 Å². The maximum Gasteiger partial charge on any atom is 0.331 e. The molecule has 0 unspecified atom stereocenters. The van der Waals surface area contributed by atoms with E-state index in [1.807, 2.05) is 13.0 Å². The number of nitrogens with one attached hydrogen (secondary N) is 1. The number of nitrogens with zero attached hydrogens (tertiary/aromatic N) is 1. The Morgan fingerprint density at radius 1 is 1.21 bits per heavy atom. The molecule has 0 aromatic heterocycles. The fourth-order valence-electron chi connectivity index (χ4n) is 2.41. The second-order valence-electron chi connectivity index (χ2n) is 5.94. The van der Waals surface area contributed by atoms with Gasteiger partial charge < -0.3 is 19.5 Å². The Kier molecular flexibility index (Phi) is 7.80. The molecule has 0 saturated heterocycles. The molecule has 2 rings (SSSR count). The highest BCUT2D eigenvalue weighted by Gasteiger charge is 2.17. The average Bonchev–Trinajstić information content (AvgIpc) is 2.72. The van der Waals surface area contributed by atoms with Gasteiger partial charge in [0.05, 0.1) is 25.3 Å². The molecule has 0 aliphatic rings. The minimum atomic E-state index is -1.01. The molecule has 1 N–H and O–H groups in total. The monoisotopic (exact) mass is 394 g/mol. The third-order valence-electron chi connectivity index (χ3n) is 3.82. The molecule has 2 aromatic rings. The zero-order chi connectivity index (χ0) is 21.2. The lowest BCUT2D eigenvalue weighted by molar-refractivity contribution is -0.148. The van der Waals surface area contributed by atoms with Crippen LogP contribution in [0.4, 0.5) is 5.69 Å². The normalized spacial score (nSPS) is 11.4. The molecule has 0 aliphatic heterocycles. The second-order valence-corrected chi connectivity index (χ2v) is 5.94. The molecular formula is C22H22N2O5. The van der Waals surface area contributed by atoms with Gasteiger partial charge >= 0.3 is 5.97 Å². The van der Waals surface area contributed by atoms with E-state index < -0.39 is 18.0 Å². The third kappa shape index (κ3) is 6.40. The first kappa shape index (κ1) is 21.5. The molecule has 0 saturated carbocycles. The Balaban J connectivity index is 1.96. The SMILES string of the molecule is CCOc1cc(/C=C/C(=O)O[C@@H](C)C(=O)Nc2cccc(C#N)c2)ccc1OC. The number of carbonyl (C=O) groups is 2. The van der Waals surface area contributed by atoms with E-state index >= 15 is 0 Å². The number of hydrogen-bond acceptors (Lipinski definition) is 6. The van der Waals surface area contributed by atoms with Crippen molar-refractivity contribution in [2.75, 3.05) is 19.0 Å². The highest BCUT2D eigenvalue weighted by Crippen LogP contribution is 2.28. The van der Waals surface area contributed by atoms with E-state index in [-0.39, 0.29) is 0 Å². The van der Waals surface area contributed by atoms with Crippen LogP contribution in [0.2, 0.25) is 0 Å². The van der Waals surface area contributed by atoms with Crippen molar-refractivity contribution in [3.63, 3.8) is 0 Å². The van der Waals surface area contributed by atoms with Gasteiger partial charge in [0.15, 0.2) is 17.6 Å². The summed E-state index contributed by atoms with van der Waals surface area (Å²) in [6, 6.07) is 13.7. The zero-order valence-electron chi connectivity index (χ0n) is 16.5. The minimum Gasteiger partial charge on any atom is -0.493 e. The number of benzene rings is 2. The van der Waals surface area contributed by atoms with Crippen LogP contribution in [0, 0.1) is 11.3 Å². The molecule has 0 radical (unpaired) electrons. The molecule has 0 aliphatic carbocycles. The summed E-state index contributed by atoms with van der Waals surface area (Å²) in [6.45, 7) is 3.81. The lowest BCUT2D eigenvalue weighted by atomic mass is 10.2. The van der Waals surface area contributed by atoms with Gasteiger partial charge in [0.25, 0.3) is 5.91 Å². The summed E-state index contributed by atoms with van der Waals surface area (Å²) < 4.78 is 15.8. The third-order valence-corrected chi connectivity index (χ3v) is 3.82. The largest absolute Gasteiger partial charge is 0.493 e. The minimum absolute atomic E-state index is 0.418. The fraction of sp³-hybridized carbons (Fsp3) is 0.227. The number of methoxy groups -OCH3 is 1. The number of esters is 1. The first-order valence-electron chi connectivity index (χ1n) is 8.97. The first-order valence-corrected chi connectivity index (χ1v) is 8.97. The fourth-order valence-corrected chi connectivity index (χ4v) is 2.41. The number of carbonyl (C=O) groups excluding carboxylic acids is 2. The Morgan fingerprint density at radius 3 is 2.69 bits per heavy atom. The molecule has 2 aromatic carbocycles. The van der Waals surface area contributed by atoms with Gasteiger partial charge in [-0.1, -0.05) is 12.1 Å². The number of ether oxygens (including phenoxy) is 3. The number of rotatable bonds is 8. The number of hydrogen-bond donors (Lipinski definition) is 1. The summed E-state index contributed by atoms with van der Waals surface area (Å²) in [7, 11) is 1.55. The van der Waals surface area contributed by atoms with E-state index in [2.05, 4.69) is 5.32 Å². The van der Waals surface area contributed by atoms with Crippen LogP contribution < -0.4 is 14.8 Å². The van der Waals surface area contributed by atoms with Gasteiger partial charge in [0.2, 0.25) is 0 Å². The van der Waals surface area contributed by atoms with Crippen molar-refractivity contribution in [1.82, 2.24) is 0 Å². The van der Waals surface area contributed by atoms with Crippen LogP contribution in [-0.4, -0.2) is 31.7 Å². The summed E-state index contributed by atoms with van der Waals surface area (Å²) in [5, 5.41) is 11.5. The standard InChI is InChI=1S/C22H22N2O5/c1-4-28-20-13-16(8-10-19(20)27-3)9-11-21(25)29-15(2)22(26)24-18-7-5-6-17(12-18)14-23/h5-13,15H,4H2,1-3H3,(H,24,26)/b11-9+/t15-/m0/s1. The average molecular weight is 394 g/mol. The summed E-state index contributed by atoms with van der Waals surface area (Å²) in [5.41, 5.74) is 1.59. The Bertz CT molecular complexity index is 946. The predicted molar refractivity (Wildman–Crippen MR) is 109 cm³/mol. The smallest absolute Gasteiger partial charge is 0.331 e. The summed E-state index contributed by atoms with van der Waals surface area (Å²) in [5.74, 6) is 0.00678. The molecule has 0 bridgehead atoms. The molecule has 7 nitrogen and oxygen atoms in total. The maximum absolute atomic E-state index is 12.2. The summed E-state index contributed by atoms with van der Waals surface area (Å²) in [6.07, 6.45) is 1.79. The van der Waals surface area contributed by atoms with Gasteiger partial charge in [-0.15, -0.1) is 0 Å². The van der Waals surface area contributed by atoms with E-state index in [0.29, 0.717) is 29.4 Å². The van der Waals surface area contributed by atoms with Crippen molar-refractivity contribution in [2.45, 2.75) is 20.0 Å². The van der Waals surface area contributed by atoms with Gasteiger partial charge in [0.1, 0.15) is 0 Å². The van der Waals surface area contributed by atoms with E-state index in [4.69, 9.17) is 19.5 Å². The molecular weight excluding hydrogens is 372 g/mol. The summed E-state index contributed by atoms with van der Waals surface area (Å²) in [4.78, 5) is 24.2. The van der Waals surface area contributed by atoms with Gasteiger partial charge in [0, 0.05) is 11.8 Å². The van der Waals surface area contributed by atoms with Crippen molar-refractivity contribution in [3.05, 3.63) is 59.7 Å². The highest BCUT2D eigenvalue weighted by atomic mass is 16.5. The number of anilines is 1. The summed E-state index contributed by atoms with van der Waals surface area (Å²) >= 11 is 0. The van der Waals surface area contributed by atoms with Crippen LogP contribution >= 0.6 is 0 Å². The van der Waals surface area contributed by atoms with E-state index in [9.17, 15) is 9.59 Å². The predicted octanol–water partition coefficient (Wildman–Crippen LogP) is 3.55. The number of nitriles is 1. The van der Waals surface area contributed by atoms with Crippen LogP contribution in [0.25, 0.3) is 6.08 Å². The second kappa shape index (κ2) is 10.5. The van der Waals surface area contributed by atoms with Gasteiger partial charge in [-0.05, 0) is 55.8 Å². The first-order chi connectivity index (χ1) is 14.0. The lowest BCUT2D eigenvalue weighted by Gasteiger charge is -2.12. The van der Waals surface area contributed by atoms with Crippen molar-refractivity contribution in [1.29, 1.82) is 5.26 Å². The van der Waals surface area contributed by atoms with Crippen molar-refractivity contribution in [3.8, 4) is 17.6 Å². The molecule has 150 valence electrons. The van der Waals surface area contributed by atoms with E-state index in [1.54, 1.807) is 49.6 Å². The molecule has 7 heteroatoms. The van der Waals surface area contributed by atoms with Crippen LogP contribution in [0.3, 0.4) is 0 Å². The van der Waals surface area contributed by atoms with Gasteiger partial charge in [-0.2, -0.15) is 5.26 Å². The Labute approximate surface area is 169 Å². The molecule has 0 fully saturated rings. The van der Waals surface area contributed by atoms with Crippen LogP contribution in [-0.2, 0) is 14.3 Å². The number of amides is 1. The van der Waals surface area contributed by atoms with E-state index in [1.165, 1.54) is 19.1 Å². The van der Waals surface area contributed by atoms with Crippen molar-refractivity contribution in [2.24, 2.45) is 0 Å². The molecule has 1 atom stereocenters. The van der Waals surface area contributed by atoms with Crippen LogP contribution in [0.5, 0.6) is 11.5 Å². The lowest BCUT2D eigenvalue weighted by Crippen LogP contribution is -2.29. The molecule has 0 heterocycles. The van der Waals surface area contributed by atoms with Crippen molar-refractivity contribution >= 4 is 23.6 Å². The Morgan fingerprint density at radius 2 is 2.00 bits per heavy atom. The molecule has 29 heavy (non-hydrogen) atoms. The Hall–Kier alpha value is -3.79. The maximum atomic E-state index is 12.2. The van der Waals surface area contributed by atoms with Gasteiger partial charge in [-0.3, -0.25) is 4.79 Å². The van der Waals surface area contributed by atoms with Gasteiger partial charge in [-0.25, -0.2) is 4.79 Å². The topological polar surface area (TPSA) is 97.6 Å². The highest BCUT2D eigenvalue weighted by molar-refractivity contribution is 5.96. The van der Waals surface area contributed by atoms with E-state index in [0.717, 1.165) is 5.56 Å². The quantitative estimate of drug-likeness (QED) is 0.543.